The summed E-state index contributed by atoms with van der Waals surface area (Å²) >= 11 is 3.60. The average molecular weight is 310 g/mol. The molecule has 3 rings (SSSR count). The number of nitrogens with one attached hydrogen (secondary N) is 1. The fourth-order valence-corrected chi connectivity index (χ4v) is 3.45. The minimum atomic E-state index is 0.168. The van der Waals surface area contributed by atoms with Crippen LogP contribution in [0.1, 0.15) is 6.92 Å². The molecular weight excluding hydrogens is 294 g/mol. The second kappa shape index (κ2) is 4.55. The number of para-hydroxylation sites is 1. The van der Waals surface area contributed by atoms with Gasteiger partial charge in [0.05, 0.1) is 24.0 Å². The molecule has 1 saturated heterocycles. The topological polar surface area (TPSA) is 35.6 Å². The third kappa shape index (κ3) is 1.73. The Bertz CT molecular complexity index is 491. The summed E-state index contributed by atoms with van der Waals surface area (Å²) in [5, 5.41) is 3.19. The zero-order chi connectivity index (χ0) is 12.7. The van der Waals surface area contributed by atoms with Crippen LogP contribution in [0.5, 0.6) is 0 Å². The van der Waals surface area contributed by atoms with Crippen LogP contribution in [-0.2, 0) is 4.79 Å². The van der Waals surface area contributed by atoms with E-state index in [0.717, 1.165) is 35.5 Å². The summed E-state index contributed by atoms with van der Waals surface area (Å²) in [6.07, 6.45) is 0. The Morgan fingerprint density at radius 2 is 2.33 bits per heavy atom. The molecule has 0 aliphatic carbocycles. The van der Waals surface area contributed by atoms with Gasteiger partial charge in [0.25, 0.3) is 0 Å². The van der Waals surface area contributed by atoms with Crippen LogP contribution >= 0.6 is 15.9 Å². The van der Waals surface area contributed by atoms with Gasteiger partial charge in [-0.15, -0.1) is 0 Å². The predicted molar refractivity (Wildman–Crippen MR) is 76.2 cm³/mol. The normalized spacial score (nSPS) is 22.8. The van der Waals surface area contributed by atoms with Crippen LogP contribution in [0.2, 0.25) is 0 Å². The Balaban J connectivity index is 2.13. The molecule has 0 radical (unpaired) electrons. The van der Waals surface area contributed by atoms with Gasteiger partial charge in [-0.05, 0) is 35.0 Å². The Labute approximate surface area is 115 Å². The van der Waals surface area contributed by atoms with Crippen LogP contribution in [0, 0.1) is 0 Å². The number of carbonyl (C=O) groups is 1. The third-order valence-corrected chi connectivity index (χ3v) is 4.28. The largest absolute Gasteiger partial charge is 0.367 e. The van der Waals surface area contributed by atoms with E-state index in [1.54, 1.807) is 0 Å². The first-order valence-electron chi connectivity index (χ1n) is 6.28. The summed E-state index contributed by atoms with van der Waals surface area (Å²) in [4.78, 5) is 16.4. The van der Waals surface area contributed by atoms with Crippen molar-refractivity contribution in [1.82, 2.24) is 5.32 Å². The first-order chi connectivity index (χ1) is 8.72. The quantitative estimate of drug-likeness (QED) is 0.856. The lowest BCUT2D eigenvalue weighted by Crippen LogP contribution is -2.61. The molecule has 5 heteroatoms. The van der Waals surface area contributed by atoms with Gasteiger partial charge in [0.15, 0.2) is 0 Å². The highest BCUT2D eigenvalue weighted by atomic mass is 79.9. The molecule has 18 heavy (non-hydrogen) atoms. The van der Waals surface area contributed by atoms with Gasteiger partial charge in [-0.25, -0.2) is 0 Å². The number of hydrogen-bond donors (Lipinski definition) is 1. The lowest BCUT2D eigenvalue weighted by Gasteiger charge is -2.45. The van der Waals surface area contributed by atoms with Crippen LogP contribution in [0.4, 0.5) is 11.4 Å². The number of anilines is 2. The molecule has 0 spiro atoms. The summed E-state index contributed by atoms with van der Waals surface area (Å²) in [7, 11) is 0. The molecule has 0 saturated carbocycles. The van der Waals surface area contributed by atoms with Crippen LogP contribution in [0.15, 0.2) is 22.7 Å². The van der Waals surface area contributed by atoms with Crippen LogP contribution in [0.3, 0.4) is 0 Å². The van der Waals surface area contributed by atoms with Gasteiger partial charge in [-0.2, -0.15) is 0 Å². The molecule has 96 valence electrons. The molecule has 2 aliphatic rings. The number of nitrogens with zero attached hydrogens (tertiary/aromatic N) is 2. The molecule has 2 aliphatic heterocycles. The van der Waals surface area contributed by atoms with Crippen molar-refractivity contribution in [2.75, 3.05) is 36.0 Å². The molecule has 1 atom stereocenters. The van der Waals surface area contributed by atoms with Crippen molar-refractivity contribution in [2.24, 2.45) is 0 Å². The lowest BCUT2D eigenvalue weighted by molar-refractivity contribution is -0.119. The van der Waals surface area contributed by atoms with Gasteiger partial charge in [-0.1, -0.05) is 6.07 Å². The number of piperazine rings is 1. The van der Waals surface area contributed by atoms with Gasteiger partial charge in [0, 0.05) is 24.1 Å². The van der Waals surface area contributed by atoms with Gasteiger partial charge in [0.2, 0.25) is 5.91 Å². The van der Waals surface area contributed by atoms with E-state index < -0.39 is 0 Å². The van der Waals surface area contributed by atoms with E-state index >= 15 is 0 Å². The molecule has 1 fully saturated rings. The Hall–Kier alpha value is -1.07. The van der Waals surface area contributed by atoms with E-state index in [4.69, 9.17) is 0 Å². The number of hydrogen-bond acceptors (Lipinski definition) is 3. The van der Waals surface area contributed by atoms with Crippen molar-refractivity contribution < 1.29 is 4.79 Å². The number of fused-ring (bicyclic) bond motifs is 3. The molecular formula is C13H16BrN3O. The van der Waals surface area contributed by atoms with Crippen LogP contribution in [0.25, 0.3) is 0 Å². The summed E-state index contributed by atoms with van der Waals surface area (Å²) in [5.41, 5.74) is 2.18. The standard InChI is InChI=1S/C13H16BrN3O/c1-2-16-8-9-6-15-7-12(18)17(9)11-5-3-4-10(14)13(11)16/h3-5,9,15H,2,6-8H2,1H3. The number of rotatable bonds is 1. The highest BCUT2D eigenvalue weighted by Gasteiger charge is 2.37. The number of benzene rings is 1. The predicted octanol–water partition coefficient (Wildman–Crippen LogP) is 1.59. The van der Waals surface area contributed by atoms with E-state index in [1.165, 1.54) is 0 Å². The number of amides is 1. The van der Waals surface area contributed by atoms with Gasteiger partial charge in [-0.3, -0.25) is 4.79 Å². The zero-order valence-corrected chi connectivity index (χ0v) is 11.9. The van der Waals surface area contributed by atoms with Crippen molar-refractivity contribution in [3.63, 3.8) is 0 Å². The number of halogens is 1. The summed E-state index contributed by atoms with van der Waals surface area (Å²) in [5.74, 6) is 0.168. The molecule has 4 nitrogen and oxygen atoms in total. The van der Waals surface area contributed by atoms with Crippen molar-refractivity contribution in [2.45, 2.75) is 13.0 Å². The van der Waals surface area contributed by atoms with E-state index in [1.807, 2.05) is 23.1 Å². The third-order valence-electron chi connectivity index (χ3n) is 3.64. The van der Waals surface area contributed by atoms with Crippen molar-refractivity contribution in [3.8, 4) is 0 Å². The fourth-order valence-electron chi connectivity index (χ4n) is 2.85. The van der Waals surface area contributed by atoms with Crippen molar-refractivity contribution in [1.29, 1.82) is 0 Å². The maximum absolute atomic E-state index is 12.1. The molecule has 1 unspecified atom stereocenters. The fraction of sp³-hybridized carbons (Fsp3) is 0.462. The van der Waals surface area contributed by atoms with Crippen LogP contribution < -0.4 is 15.1 Å². The van der Waals surface area contributed by atoms with E-state index in [9.17, 15) is 4.79 Å². The molecule has 1 N–H and O–H groups in total. The van der Waals surface area contributed by atoms with Crippen molar-refractivity contribution >= 4 is 33.2 Å². The van der Waals surface area contributed by atoms with E-state index in [2.05, 4.69) is 33.1 Å². The Morgan fingerprint density at radius 3 is 3.11 bits per heavy atom. The first-order valence-corrected chi connectivity index (χ1v) is 7.08. The minimum Gasteiger partial charge on any atom is -0.367 e. The molecule has 1 aromatic carbocycles. The second-order valence-electron chi connectivity index (χ2n) is 4.69. The highest BCUT2D eigenvalue weighted by Crippen LogP contribution is 2.41. The first kappa shape index (κ1) is 12.0. The lowest BCUT2D eigenvalue weighted by atomic mass is 10.0. The van der Waals surface area contributed by atoms with Gasteiger partial charge < -0.3 is 15.1 Å². The SMILES string of the molecule is CCN1CC2CNCC(=O)N2c2cccc(Br)c21. The van der Waals surface area contributed by atoms with Crippen LogP contribution in [-0.4, -0.2) is 38.1 Å². The Kier molecular flexibility index (Phi) is 3.03. The summed E-state index contributed by atoms with van der Waals surface area (Å²) in [6, 6.07) is 6.31. The Morgan fingerprint density at radius 1 is 1.50 bits per heavy atom. The van der Waals surface area contributed by atoms with E-state index in [-0.39, 0.29) is 11.9 Å². The highest BCUT2D eigenvalue weighted by molar-refractivity contribution is 9.10. The molecule has 1 aromatic rings. The molecule has 0 aromatic heterocycles. The second-order valence-corrected chi connectivity index (χ2v) is 5.55. The average Bonchev–Trinajstić information content (AvgIpc) is 2.38. The zero-order valence-electron chi connectivity index (χ0n) is 10.3. The number of likely N-dealkylation sites (N-methyl/N-ethyl adjacent to an activating group) is 1. The van der Waals surface area contributed by atoms with E-state index in [0.29, 0.717) is 6.54 Å². The minimum absolute atomic E-state index is 0.168. The maximum atomic E-state index is 12.1. The molecule has 2 heterocycles. The van der Waals surface area contributed by atoms with Gasteiger partial charge >= 0.3 is 0 Å². The molecule has 0 bridgehead atoms. The van der Waals surface area contributed by atoms with Gasteiger partial charge in [0.1, 0.15) is 0 Å². The number of carbonyl (C=O) groups excluding carboxylic acids is 1. The monoisotopic (exact) mass is 309 g/mol. The van der Waals surface area contributed by atoms with Crippen molar-refractivity contribution in [3.05, 3.63) is 22.7 Å². The smallest absolute Gasteiger partial charge is 0.241 e. The molecule has 1 amide bonds. The maximum Gasteiger partial charge on any atom is 0.241 e. The summed E-state index contributed by atoms with van der Waals surface area (Å²) in [6.45, 7) is 5.30. The summed E-state index contributed by atoms with van der Waals surface area (Å²) < 4.78 is 1.06.